The molecule has 1 amide bonds. The first-order valence-electron chi connectivity index (χ1n) is 10.8. The van der Waals surface area contributed by atoms with Crippen LogP contribution < -0.4 is 10.9 Å². The Morgan fingerprint density at radius 1 is 1.13 bits per heavy atom. The van der Waals surface area contributed by atoms with Gasteiger partial charge in [0.2, 0.25) is 0 Å². The van der Waals surface area contributed by atoms with E-state index in [0.717, 1.165) is 36.8 Å². The van der Waals surface area contributed by atoms with E-state index in [-0.39, 0.29) is 6.42 Å². The van der Waals surface area contributed by atoms with Crippen molar-refractivity contribution in [1.29, 1.82) is 0 Å². The number of amides is 1. The summed E-state index contributed by atoms with van der Waals surface area (Å²) in [6.45, 7) is 3.75. The molecule has 0 spiro atoms. The molecule has 1 aliphatic carbocycles. The number of nitrogens with one attached hydrogen (secondary N) is 1. The molecular formula is C25H28N2O4. The van der Waals surface area contributed by atoms with Crippen molar-refractivity contribution in [3.05, 3.63) is 69.7 Å². The lowest BCUT2D eigenvalue weighted by Gasteiger charge is -2.30. The molecule has 6 nitrogen and oxygen atoms in total. The number of aromatic nitrogens is 1. The minimum Gasteiger partial charge on any atom is -0.380 e. The van der Waals surface area contributed by atoms with Gasteiger partial charge < -0.3 is 14.9 Å². The number of rotatable bonds is 6. The summed E-state index contributed by atoms with van der Waals surface area (Å²) in [7, 11) is 0. The molecular weight excluding hydrogens is 392 g/mol. The molecule has 2 N–H and O–H groups in total. The summed E-state index contributed by atoms with van der Waals surface area (Å²) in [6.07, 6.45) is 5.07. The number of aryl methyl sites for hydroxylation is 2. The fourth-order valence-electron chi connectivity index (χ4n) is 4.54. The fraction of sp³-hybridized carbons (Fsp3) is 0.400. The zero-order valence-corrected chi connectivity index (χ0v) is 18.0. The summed E-state index contributed by atoms with van der Waals surface area (Å²) in [4.78, 5) is 25.2. The molecule has 1 atom stereocenters. The van der Waals surface area contributed by atoms with Gasteiger partial charge in [0.05, 0.1) is 11.1 Å². The van der Waals surface area contributed by atoms with Gasteiger partial charge in [-0.05, 0) is 49.9 Å². The number of fused-ring (bicyclic) bond motifs is 1. The lowest BCUT2D eigenvalue weighted by atomic mass is 9.83. The summed E-state index contributed by atoms with van der Waals surface area (Å²) < 4.78 is 4.76. The van der Waals surface area contributed by atoms with E-state index in [4.69, 9.17) is 4.52 Å². The Kier molecular flexibility index (Phi) is 5.92. The second-order valence-electron chi connectivity index (χ2n) is 8.82. The highest BCUT2D eigenvalue weighted by atomic mass is 16.5. The predicted octanol–water partition coefficient (Wildman–Crippen LogP) is 4.30. The standard InChI is InChI=1S/C25H28N2O4/c1-16-7-9-19(10-8-16)15-25(30,14-18-5-3-4-6-18)24(29)26-20-11-12-21-22(13-20)17(2)27-31-23(21)28/h7-13,18,30H,3-6,14-15H2,1-2H3,(H,26,29). The first-order chi connectivity index (χ1) is 14.8. The summed E-state index contributed by atoms with van der Waals surface area (Å²) in [5.41, 5.74) is 1.11. The van der Waals surface area contributed by atoms with Crippen molar-refractivity contribution in [3.8, 4) is 0 Å². The molecule has 2 aromatic carbocycles. The van der Waals surface area contributed by atoms with Crippen molar-refractivity contribution < 1.29 is 14.4 Å². The first-order valence-corrected chi connectivity index (χ1v) is 10.8. The Morgan fingerprint density at radius 3 is 2.55 bits per heavy atom. The molecule has 1 aliphatic rings. The van der Waals surface area contributed by atoms with E-state index in [0.29, 0.717) is 34.5 Å². The van der Waals surface area contributed by atoms with E-state index in [9.17, 15) is 14.7 Å². The topological polar surface area (TPSA) is 92.4 Å². The van der Waals surface area contributed by atoms with Gasteiger partial charge in [-0.2, -0.15) is 0 Å². The van der Waals surface area contributed by atoms with Gasteiger partial charge in [-0.3, -0.25) is 4.79 Å². The van der Waals surface area contributed by atoms with E-state index >= 15 is 0 Å². The SMILES string of the molecule is Cc1ccc(CC(O)(CC2CCCC2)C(=O)Nc2ccc3c(=O)onc(C)c3c2)cc1. The van der Waals surface area contributed by atoms with Gasteiger partial charge in [0.15, 0.2) is 0 Å². The zero-order chi connectivity index (χ0) is 22.0. The van der Waals surface area contributed by atoms with Gasteiger partial charge in [-0.15, -0.1) is 0 Å². The molecule has 1 saturated carbocycles. The van der Waals surface area contributed by atoms with Crippen LogP contribution in [0.25, 0.3) is 10.8 Å². The Balaban J connectivity index is 1.61. The average Bonchev–Trinajstić information content (AvgIpc) is 3.25. The van der Waals surface area contributed by atoms with Crippen molar-refractivity contribution >= 4 is 22.4 Å². The van der Waals surface area contributed by atoms with Crippen molar-refractivity contribution in [1.82, 2.24) is 5.16 Å². The van der Waals surface area contributed by atoms with Crippen molar-refractivity contribution in [2.24, 2.45) is 5.92 Å². The Hall–Kier alpha value is -2.99. The van der Waals surface area contributed by atoms with E-state index in [1.165, 1.54) is 0 Å². The Morgan fingerprint density at radius 2 is 1.84 bits per heavy atom. The summed E-state index contributed by atoms with van der Waals surface area (Å²) in [5, 5.41) is 19.2. The van der Waals surface area contributed by atoms with Crippen molar-refractivity contribution in [2.45, 2.75) is 58.0 Å². The van der Waals surface area contributed by atoms with Crippen molar-refractivity contribution in [3.63, 3.8) is 0 Å². The second kappa shape index (κ2) is 8.63. The maximum absolute atomic E-state index is 13.3. The van der Waals surface area contributed by atoms with Gasteiger partial charge in [0.1, 0.15) is 5.60 Å². The lowest BCUT2D eigenvalue weighted by molar-refractivity contribution is -0.135. The highest BCUT2D eigenvalue weighted by Crippen LogP contribution is 2.34. The largest absolute Gasteiger partial charge is 0.380 e. The van der Waals surface area contributed by atoms with Crippen LogP contribution >= 0.6 is 0 Å². The third-order valence-corrected chi connectivity index (χ3v) is 6.29. The third kappa shape index (κ3) is 4.69. The fourth-order valence-corrected chi connectivity index (χ4v) is 4.54. The van der Waals surface area contributed by atoms with Crippen LogP contribution in [-0.4, -0.2) is 21.8 Å². The monoisotopic (exact) mass is 420 g/mol. The third-order valence-electron chi connectivity index (χ3n) is 6.29. The van der Waals surface area contributed by atoms with Crippen LogP contribution in [0.3, 0.4) is 0 Å². The number of anilines is 1. The molecule has 0 radical (unpaired) electrons. The van der Waals surface area contributed by atoms with Crippen LogP contribution in [0, 0.1) is 19.8 Å². The van der Waals surface area contributed by atoms with Crippen LogP contribution in [0.5, 0.6) is 0 Å². The number of hydrogen-bond donors (Lipinski definition) is 2. The molecule has 1 fully saturated rings. The molecule has 4 rings (SSSR count). The van der Waals surface area contributed by atoms with Crippen LogP contribution in [0.2, 0.25) is 0 Å². The molecule has 0 aliphatic heterocycles. The molecule has 0 saturated heterocycles. The Bertz CT molecular complexity index is 1150. The summed E-state index contributed by atoms with van der Waals surface area (Å²) in [5.74, 6) is -0.0817. The van der Waals surface area contributed by atoms with Gasteiger partial charge in [0, 0.05) is 17.5 Å². The van der Waals surface area contributed by atoms with Crippen LogP contribution in [0.1, 0.15) is 48.9 Å². The number of carbonyl (C=O) groups is 1. The number of carbonyl (C=O) groups excluding carboxylic acids is 1. The van der Waals surface area contributed by atoms with Gasteiger partial charge in [-0.1, -0.05) is 60.7 Å². The molecule has 162 valence electrons. The maximum atomic E-state index is 13.3. The minimum atomic E-state index is -1.51. The van der Waals surface area contributed by atoms with Gasteiger partial charge >= 0.3 is 5.63 Å². The summed E-state index contributed by atoms with van der Waals surface area (Å²) >= 11 is 0. The van der Waals surface area contributed by atoms with Crippen LogP contribution in [0.15, 0.2) is 51.8 Å². The molecule has 31 heavy (non-hydrogen) atoms. The van der Waals surface area contributed by atoms with E-state index in [1.807, 2.05) is 31.2 Å². The number of nitrogens with zero attached hydrogens (tertiary/aromatic N) is 1. The molecule has 1 heterocycles. The van der Waals surface area contributed by atoms with Crippen LogP contribution in [0.4, 0.5) is 5.69 Å². The van der Waals surface area contributed by atoms with Crippen LogP contribution in [-0.2, 0) is 11.2 Å². The molecule has 1 aromatic heterocycles. The first kappa shape index (κ1) is 21.2. The minimum absolute atomic E-state index is 0.257. The molecule has 0 bridgehead atoms. The second-order valence-corrected chi connectivity index (χ2v) is 8.82. The van der Waals surface area contributed by atoms with Gasteiger partial charge in [0.25, 0.3) is 5.91 Å². The zero-order valence-electron chi connectivity index (χ0n) is 18.0. The molecule has 3 aromatic rings. The quantitative estimate of drug-likeness (QED) is 0.620. The van der Waals surface area contributed by atoms with E-state index in [1.54, 1.807) is 25.1 Å². The van der Waals surface area contributed by atoms with E-state index < -0.39 is 17.1 Å². The Labute approximate surface area is 181 Å². The van der Waals surface area contributed by atoms with Crippen molar-refractivity contribution in [2.75, 3.05) is 5.32 Å². The number of aliphatic hydroxyl groups is 1. The highest BCUT2D eigenvalue weighted by Gasteiger charge is 2.39. The highest BCUT2D eigenvalue weighted by molar-refractivity contribution is 5.99. The summed E-state index contributed by atoms with van der Waals surface area (Å²) in [6, 6.07) is 12.9. The van der Waals surface area contributed by atoms with Gasteiger partial charge in [-0.25, -0.2) is 4.79 Å². The normalized spacial score (nSPS) is 16.4. The smallest absolute Gasteiger partial charge is 0.366 e. The number of hydrogen-bond acceptors (Lipinski definition) is 5. The average molecular weight is 421 g/mol. The molecule has 1 unspecified atom stereocenters. The number of benzene rings is 2. The maximum Gasteiger partial charge on any atom is 0.366 e. The molecule has 6 heteroatoms. The van der Waals surface area contributed by atoms with E-state index in [2.05, 4.69) is 10.5 Å². The predicted molar refractivity (Wildman–Crippen MR) is 120 cm³/mol. The lowest BCUT2D eigenvalue weighted by Crippen LogP contribution is -2.46.